The molecule has 0 amide bonds. The van der Waals surface area contributed by atoms with Gasteiger partial charge in [0.15, 0.2) is 0 Å². The molecule has 27 heavy (non-hydrogen) atoms. The van der Waals surface area contributed by atoms with Gasteiger partial charge in [0.2, 0.25) is 0 Å². The molecule has 0 saturated heterocycles. The molecule has 0 aliphatic carbocycles. The third-order valence-electron chi connectivity index (χ3n) is 4.64. The fourth-order valence-electron chi connectivity index (χ4n) is 3.14. The molecule has 0 spiro atoms. The van der Waals surface area contributed by atoms with Crippen molar-refractivity contribution in [1.82, 2.24) is 0 Å². The van der Waals surface area contributed by atoms with E-state index >= 15 is 0 Å². The fraction of sp³-hybridized carbons (Fsp3) is 0.130. The molecular formula is C23H20O2S2. The van der Waals surface area contributed by atoms with E-state index in [9.17, 15) is 10.2 Å². The number of rotatable bonds is 5. The van der Waals surface area contributed by atoms with Gasteiger partial charge in [-0.1, -0.05) is 60.2 Å². The Hall–Kier alpha value is -2.24. The highest BCUT2D eigenvalue weighted by Crippen LogP contribution is 2.38. The number of benzene rings is 2. The average molecular weight is 393 g/mol. The van der Waals surface area contributed by atoms with E-state index in [1.54, 1.807) is 22.7 Å². The van der Waals surface area contributed by atoms with Crippen molar-refractivity contribution in [1.29, 1.82) is 0 Å². The first-order valence-electron chi connectivity index (χ1n) is 8.78. The Kier molecular flexibility index (Phi) is 5.23. The van der Waals surface area contributed by atoms with E-state index < -0.39 is 12.2 Å². The Morgan fingerprint density at radius 1 is 0.704 bits per heavy atom. The average Bonchev–Trinajstić information content (AvgIpc) is 3.39. The lowest BCUT2D eigenvalue weighted by atomic mass is 9.93. The lowest BCUT2D eigenvalue weighted by Gasteiger charge is -2.19. The van der Waals surface area contributed by atoms with Crippen LogP contribution in [0, 0.1) is 6.92 Å². The van der Waals surface area contributed by atoms with Crippen molar-refractivity contribution >= 4 is 22.7 Å². The smallest absolute Gasteiger partial charge is 0.114 e. The molecule has 2 heterocycles. The molecule has 2 atom stereocenters. The van der Waals surface area contributed by atoms with Crippen molar-refractivity contribution in [3.63, 3.8) is 0 Å². The summed E-state index contributed by atoms with van der Waals surface area (Å²) >= 11 is 3.28. The van der Waals surface area contributed by atoms with Gasteiger partial charge in [0.25, 0.3) is 0 Å². The lowest BCUT2D eigenvalue weighted by molar-refractivity contribution is 0.198. The zero-order valence-electron chi connectivity index (χ0n) is 14.9. The van der Waals surface area contributed by atoms with Gasteiger partial charge in [-0.25, -0.2) is 0 Å². The van der Waals surface area contributed by atoms with Gasteiger partial charge in [0.1, 0.15) is 12.2 Å². The Morgan fingerprint density at radius 2 is 1.41 bits per heavy atom. The molecule has 2 aromatic heterocycles. The number of hydrogen-bond acceptors (Lipinski definition) is 4. The second-order valence-corrected chi connectivity index (χ2v) is 8.59. The van der Waals surface area contributed by atoms with Crippen molar-refractivity contribution in [2.24, 2.45) is 0 Å². The first kappa shape index (κ1) is 18.1. The second-order valence-electron chi connectivity index (χ2n) is 6.52. The summed E-state index contributed by atoms with van der Waals surface area (Å²) in [6.45, 7) is 2.02. The molecule has 4 aromatic rings. The van der Waals surface area contributed by atoms with Crippen LogP contribution in [0.4, 0.5) is 0 Å². The van der Waals surface area contributed by atoms with Crippen LogP contribution in [0.15, 0.2) is 78.2 Å². The molecule has 0 saturated carbocycles. The Labute approximate surface area is 167 Å². The molecule has 0 aliphatic rings. The summed E-state index contributed by atoms with van der Waals surface area (Å²) in [7, 11) is 0. The number of aliphatic hydroxyl groups is 2. The van der Waals surface area contributed by atoms with E-state index in [2.05, 4.69) is 11.4 Å². The van der Waals surface area contributed by atoms with Gasteiger partial charge < -0.3 is 10.2 Å². The van der Waals surface area contributed by atoms with Gasteiger partial charge in [-0.3, -0.25) is 0 Å². The Bertz CT molecular complexity index is 1020. The number of thiophene rings is 2. The zero-order chi connectivity index (χ0) is 18.8. The largest absolute Gasteiger partial charge is 0.384 e. The van der Waals surface area contributed by atoms with E-state index in [-0.39, 0.29) is 0 Å². The highest BCUT2D eigenvalue weighted by Gasteiger charge is 2.21. The number of aryl methyl sites for hydroxylation is 1. The first-order chi connectivity index (χ1) is 13.1. The van der Waals surface area contributed by atoms with E-state index in [1.165, 1.54) is 4.88 Å². The van der Waals surface area contributed by atoms with Crippen molar-refractivity contribution in [3.8, 4) is 9.75 Å². The quantitative estimate of drug-likeness (QED) is 0.441. The Morgan fingerprint density at radius 3 is 2.07 bits per heavy atom. The van der Waals surface area contributed by atoms with E-state index in [4.69, 9.17) is 0 Å². The van der Waals surface area contributed by atoms with Crippen molar-refractivity contribution in [2.75, 3.05) is 0 Å². The molecule has 2 aromatic carbocycles. The van der Waals surface area contributed by atoms with Gasteiger partial charge in [-0.05, 0) is 47.2 Å². The minimum Gasteiger partial charge on any atom is -0.384 e. The molecule has 0 radical (unpaired) electrons. The second kappa shape index (κ2) is 7.79. The van der Waals surface area contributed by atoms with Crippen LogP contribution in [0.2, 0.25) is 0 Å². The molecule has 2 N–H and O–H groups in total. The predicted octanol–water partition coefficient (Wildman–Crippen LogP) is 5.95. The highest BCUT2D eigenvalue weighted by molar-refractivity contribution is 7.21. The lowest BCUT2D eigenvalue weighted by Crippen LogP contribution is -2.08. The fourth-order valence-corrected chi connectivity index (χ4v) is 4.99. The minimum atomic E-state index is -0.770. The van der Waals surface area contributed by atoms with Crippen LogP contribution < -0.4 is 0 Å². The van der Waals surface area contributed by atoms with E-state index in [0.717, 1.165) is 32.0 Å². The first-order valence-corrected chi connectivity index (χ1v) is 10.5. The van der Waals surface area contributed by atoms with E-state index in [0.29, 0.717) is 0 Å². The standard InChI is InChI=1S/C23H20O2S2/c1-15-8-10-16(11-9-15)22(24)17-5-2-3-6-18(17)23(25)21-13-12-20(27-21)19-7-4-14-26-19/h2-14,22-25H,1H3. The van der Waals surface area contributed by atoms with Gasteiger partial charge in [0.05, 0.1) is 0 Å². The normalized spacial score (nSPS) is 13.4. The molecular weight excluding hydrogens is 372 g/mol. The van der Waals surface area contributed by atoms with Crippen LogP contribution in [-0.4, -0.2) is 10.2 Å². The summed E-state index contributed by atoms with van der Waals surface area (Å²) in [6.07, 6.45) is -1.53. The molecule has 4 rings (SSSR count). The minimum absolute atomic E-state index is 0.736. The van der Waals surface area contributed by atoms with Gasteiger partial charge in [-0.2, -0.15) is 0 Å². The van der Waals surface area contributed by atoms with Crippen LogP contribution in [0.5, 0.6) is 0 Å². The molecule has 2 nitrogen and oxygen atoms in total. The summed E-state index contributed by atoms with van der Waals surface area (Å²) < 4.78 is 0. The van der Waals surface area contributed by atoms with Crippen LogP contribution in [0.1, 0.15) is 39.3 Å². The summed E-state index contributed by atoms with van der Waals surface area (Å²) in [5, 5.41) is 24.0. The van der Waals surface area contributed by atoms with Gasteiger partial charge in [0, 0.05) is 14.6 Å². The Balaban J connectivity index is 1.67. The SMILES string of the molecule is Cc1ccc(C(O)c2ccccc2C(O)c2ccc(-c3cccs3)s2)cc1. The summed E-state index contributed by atoms with van der Waals surface area (Å²) in [5.41, 5.74) is 3.45. The number of hydrogen-bond donors (Lipinski definition) is 2. The highest BCUT2D eigenvalue weighted by atomic mass is 32.1. The van der Waals surface area contributed by atoms with Gasteiger partial charge in [-0.15, -0.1) is 22.7 Å². The van der Waals surface area contributed by atoms with Crippen LogP contribution in [0.25, 0.3) is 9.75 Å². The van der Waals surface area contributed by atoms with Gasteiger partial charge >= 0.3 is 0 Å². The summed E-state index contributed by atoms with van der Waals surface area (Å²) in [5.74, 6) is 0. The molecule has 136 valence electrons. The van der Waals surface area contributed by atoms with Crippen LogP contribution in [0.3, 0.4) is 0 Å². The van der Waals surface area contributed by atoms with Crippen LogP contribution >= 0.6 is 22.7 Å². The van der Waals surface area contributed by atoms with Crippen molar-refractivity contribution < 1.29 is 10.2 Å². The topological polar surface area (TPSA) is 40.5 Å². The molecule has 2 unspecified atom stereocenters. The van der Waals surface area contributed by atoms with Crippen molar-refractivity contribution in [3.05, 3.63) is 105 Å². The summed E-state index contributed by atoms with van der Waals surface area (Å²) in [6, 6.07) is 23.6. The molecule has 4 heteroatoms. The monoisotopic (exact) mass is 392 g/mol. The maximum Gasteiger partial charge on any atom is 0.114 e. The third kappa shape index (κ3) is 3.75. The molecule has 0 fully saturated rings. The molecule has 0 aliphatic heterocycles. The zero-order valence-corrected chi connectivity index (χ0v) is 16.5. The maximum atomic E-state index is 11.0. The third-order valence-corrected chi connectivity index (χ3v) is 6.84. The maximum absolute atomic E-state index is 11.0. The predicted molar refractivity (Wildman–Crippen MR) is 113 cm³/mol. The summed E-state index contributed by atoms with van der Waals surface area (Å²) in [4.78, 5) is 3.23. The number of aliphatic hydroxyl groups excluding tert-OH is 2. The van der Waals surface area contributed by atoms with Crippen molar-refractivity contribution in [2.45, 2.75) is 19.1 Å². The van der Waals surface area contributed by atoms with E-state index in [1.807, 2.05) is 73.7 Å². The molecule has 0 bridgehead atoms. The van der Waals surface area contributed by atoms with Crippen LogP contribution in [-0.2, 0) is 0 Å².